The third-order valence-corrected chi connectivity index (χ3v) is 5.26. The molecule has 0 spiro atoms. The van der Waals surface area contributed by atoms with Crippen LogP contribution in [-0.2, 0) is 0 Å². The summed E-state index contributed by atoms with van der Waals surface area (Å²) in [6.45, 7) is 10.0. The van der Waals surface area contributed by atoms with Crippen molar-refractivity contribution in [1.29, 1.82) is 0 Å². The lowest BCUT2D eigenvalue weighted by Gasteiger charge is -2.30. The molecule has 0 saturated carbocycles. The van der Waals surface area contributed by atoms with Crippen molar-refractivity contribution in [3.8, 4) is 0 Å². The van der Waals surface area contributed by atoms with Crippen LogP contribution in [0.4, 0.5) is 0 Å². The largest absolute Gasteiger partial charge is 0.375 e. The van der Waals surface area contributed by atoms with Gasteiger partial charge in [0, 0.05) is 12.6 Å². The molecule has 1 unspecified atom stereocenters. The summed E-state index contributed by atoms with van der Waals surface area (Å²) < 4.78 is 0. The van der Waals surface area contributed by atoms with Crippen molar-refractivity contribution >= 4 is 21.8 Å². The molecular weight excluding hydrogens is 333 g/mol. The highest BCUT2D eigenvalue weighted by Crippen LogP contribution is 2.02. The van der Waals surface area contributed by atoms with Gasteiger partial charge in [-0.2, -0.15) is 0 Å². The van der Waals surface area contributed by atoms with Crippen molar-refractivity contribution in [2.24, 2.45) is 0 Å². The molecule has 0 radical (unpaired) electrons. The monoisotopic (exact) mass is 378 g/mol. The zero-order valence-electron chi connectivity index (χ0n) is 18.3. The topological polar surface area (TPSA) is 72.2 Å². The van der Waals surface area contributed by atoms with Gasteiger partial charge in [0.15, 0.2) is 0 Å². The standard InChI is InChI=1S/C18H45B3N6/c1-4-7-10-12-15-22-18(14-9-6-3)17-24-21-26-19-25-20(27-21)23-16-13-11-8-5-2/h18-19,22-27H,4-17H2,1-3H3. The van der Waals surface area contributed by atoms with Gasteiger partial charge in [-0.05, 0) is 32.4 Å². The molecule has 1 heterocycles. The van der Waals surface area contributed by atoms with Crippen molar-refractivity contribution < 1.29 is 0 Å². The Labute approximate surface area is 170 Å². The first kappa shape index (κ1) is 25.0. The number of hydrogen-bond acceptors (Lipinski definition) is 6. The van der Waals surface area contributed by atoms with Crippen molar-refractivity contribution in [3.63, 3.8) is 0 Å². The smallest absolute Gasteiger partial charge is 0.360 e. The molecule has 1 saturated heterocycles. The second-order valence-electron chi connectivity index (χ2n) is 7.89. The molecule has 9 heteroatoms. The van der Waals surface area contributed by atoms with Gasteiger partial charge >= 0.3 is 14.2 Å². The fourth-order valence-corrected chi connectivity index (χ4v) is 3.45. The summed E-state index contributed by atoms with van der Waals surface area (Å²) in [5, 5.41) is 21.4. The molecule has 1 aliphatic rings. The molecule has 0 bridgehead atoms. The van der Waals surface area contributed by atoms with Gasteiger partial charge in [-0.1, -0.05) is 72.1 Å². The van der Waals surface area contributed by atoms with Crippen LogP contribution in [0.15, 0.2) is 0 Å². The average molecular weight is 378 g/mol. The molecule has 1 rings (SSSR count). The Morgan fingerprint density at radius 3 is 2.04 bits per heavy atom. The molecule has 0 aliphatic carbocycles. The van der Waals surface area contributed by atoms with Crippen LogP contribution in [0, 0.1) is 0 Å². The maximum Gasteiger partial charge on any atom is 0.375 e. The van der Waals surface area contributed by atoms with Crippen LogP contribution in [0.3, 0.4) is 0 Å². The lowest BCUT2D eigenvalue weighted by molar-refractivity contribution is 0.449. The van der Waals surface area contributed by atoms with E-state index < -0.39 is 0 Å². The highest BCUT2D eigenvalue weighted by molar-refractivity contribution is 6.79. The van der Waals surface area contributed by atoms with Crippen LogP contribution >= 0.6 is 0 Å². The quantitative estimate of drug-likeness (QED) is 0.161. The molecular formula is C18H45B3N6. The van der Waals surface area contributed by atoms with E-state index in [0.29, 0.717) is 6.04 Å². The first-order valence-corrected chi connectivity index (χ1v) is 11.7. The second-order valence-corrected chi connectivity index (χ2v) is 7.89. The average Bonchev–Trinajstić information content (AvgIpc) is 2.69. The molecule has 1 atom stereocenters. The van der Waals surface area contributed by atoms with Crippen molar-refractivity contribution in [2.45, 2.75) is 97.4 Å². The van der Waals surface area contributed by atoms with Gasteiger partial charge in [0.2, 0.25) is 0 Å². The van der Waals surface area contributed by atoms with Gasteiger partial charge < -0.3 is 31.2 Å². The van der Waals surface area contributed by atoms with Crippen LogP contribution in [0.1, 0.15) is 91.4 Å². The minimum Gasteiger partial charge on any atom is -0.360 e. The zero-order chi connectivity index (χ0) is 19.6. The summed E-state index contributed by atoms with van der Waals surface area (Å²) in [6, 6.07) is 0.561. The van der Waals surface area contributed by atoms with E-state index in [9.17, 15) is 0 Å². The van der Waals surface area contributed by atoms with Gasteiger partial charge in [0.1, 0.15) is 0 Å². The molecule has 1 fully saturated rings. The number of hydrogen-bond donors (Lipinski definition) is 6. The number of nitrogens with one attached hydrogen (secondary N) is 6. The molecule has 0 aromatic carbocycles. The molecule has 0 aromatic rings. The Morgan fingerprint density at radius 2 is 1.37 bits per heavy atom. The Bertz CT molecular complexity index is 327. The summed E-state index contributed by atoms with van der Waals surface area (Å²) >= 11 is 0. The molecule has 0 amide bonds. The van der Waals surface area contributed by atoms with Crippen LogP contribution in [0.2, 0.25) is 0 Å². The normalized spacial score (nSPS) is 15.8. The van der Waals surface area contributed by atoms with E-state index in [1.807, 2.05) is 0 Å². The summed E-state index contributed by atoms with van der Waals surface area (Å²) in [6.07, 6.45) is 14.3. The van der Waals surface area contributed by atoms with E-state index in [1.54, 1.807) is 0 Å². The molecule has 6 nitrogen and oxygen atoms in total. The Kier molecular flexibility index (Phi) is 16.7. The first-order valence-electron chi connectivity index (χ1n) is 11.7. The zero-order valence-corrected chi connectivity index (χ0v) is 18.3. The lowest BCUT2D eigenvalue weighted by Crippen LogP contribution is -2.78. The fourth-order valence-electron chi connectivity index (χ4n) is 3.45. The number of unbranched alkanes of at least 4 members (excludes halogenated alkanes) is 7. The number of rotatable bonds is 18. The van der Waals surface area contributed by atoms with Crippen LogP contribution in [0.5, 0.6) is 0 Å². The summed E-state index contributed by atoms with van der Waals surface area (Å²) in [5.41, 5.74) is 0. The summed E-state index contributed by atoms with van der Waals surface area (Å²) in [5.74, 6) is 0. The highest BCUT2D eigenvalue weighted by Gasteiger charge is 2.28. The van der Waals surface area contributed by atoms with Crippen LogP contribution in [0.25, 0.3) is 0 Å². The summed E-state index contributed by atoms with van der Waals surface area (Å²) in [4.78, 5) is 0. The van der Waals surface area contributed by atoms with E-state index in [4.69, 9.17) is 0 Å². The minimum atomic E-state index is 0.158. The first-order chi connectivity index (χ1) is 13.3. The van der Waals surface area contributed by atoms with Gasteiger partial charge in [-0.15, -0.1) is 0 Å². The molecule has 156 valence electrons. The molecule has 1 aliphatic heterocycles. The third kappa shape index (κ3) is 13.7. The highest BCUT2D eigenvalue weighted by atomic mass is 15.2. The van der Waals surface area contributed by atoms with Crippen LogP contribution in [-0.4, -0.2) is 47.5 Å². The predicted octanol–water partition coefficient (Wildman–Crippen LogP) is 1.49. The second kappa shape index (κ2) is 18.0. The Morgan fingerprint density at radius 1 is 0.741 bits per heavy atom. The van der Waals surface area contributed by atoms with Gasteiger partial charge in [0.05, 0.1) is 0 Å². The van der Waals surface area contributed by atoms with Gasteiger partial charge in [0.25, 0.3) is 7.55 Å². The fraction of sp³-hybridized carbons (Fsp3) is 1.00. The van der Waals surface area contributed by atoms with Crippen LogP contribution < -0.4 is 31.2 Å². The third-order valence-electron chi connectivity index (χ3n) is 5.26. The SMILES string of the molecule is CCCCCCNB1NBNB(NCC(CCCC)NCCCCCC)N1. The minimum absolute atomic E-state index is 0.158. The summed E-state index contributed by atoms with van der Waals surface area (Å²) in [7, 11) is 1.16. The molecule has 0 aromatic heterocycles. The predicted molar refractivity (Wildman–Crippen MR) is 124 cm³/mol. The Balaban J connectivity index is 2.21. The Hall–Kier alpha value is -0.0452. The lowest BCUT2D eigenvalue weighted by atomic mass is 9.69. The van der Waals surface area contributed by atoms with E-state index in [0.717, 1.165) is 27.2 Å². The van der Waals surface area contributed by atoms with Crippen molar-refractivity contribution in [1.82, 2.24) is 31.2 Å². The van der Waals surface area contributed by atoms with Crippen molar-refractivity contribution in [2.75, 3.05) is 19.6 Å². The maximum absolute atomic E-state index is 3.77. The van der Waals surface area contributed by atoms with Gasteiger partial charge in [-0.3, -0.25) is 0 Å². The molecule has 27 heavy (non-hydrogen) atoms. The van der Waals surface area contributed by atoms with Gasteiger partial charge in [-0.25, -0.2) is 0 Å². The van der Waals surface area contributed by atoms with E-state index in [2.05, 4.69) is 52.0 Å². The van der Waals surface area contributed by atoms with E-state index in [-0.39, 0.29) is 14.2 Å². The van der Waals surface area contributed by atoms with E-state index in [1.165, 1.54) is 70.6 Å². The van der Waals surface area contributed by atoms with Crippen molar-refractivity contribution in [3.05, 3.63) is 0 Å². The maximum atomic E-state index is 3.77. The van der Waals surface area contributed by atoms with E-state index >= 15 is 0 Å². The molecule has 6 N–H and O–H groups in total.